The van der Waals surface area contributed by atoms with E-state index < -0.39 is 0 Å². The van der Waals surface area contributed by atoms with E-state index in [2.05, 4.69) is 10.3 Å². The predicted octanol–water partition coefficient (Wildman–Crippen LogP) is 4.40. The number of anilines is 1. The topological polar surface area (TPSA) is 38.1 Å². The van der Waals surface area contributed by atoms with Crippen LogP contribution in [0, 0.1) is 6.92 Å². The average molecular weight is 273 g/mol. The zero-order valence-corrected chi connectivity index (χ0v) is 11.2. The molecule has 3 rings (SSSR count). The van der Waals surface area contributed by atoms with Crippen LogP contribution < -0.4 is 5.32 Å². The van der Waals surface area contributed by atoms with E-state index in [0.717, 1.165) is 27.4 Å². The molecule has 3 aromatic rings. The number of halogens is 1. The molecule has 0 atom stereocenters. The van der Waals surface area contributed by atoms with Crippen LogP contribution in [-0.2, 0) is 6.54 Å². The van der Waals surface area contributed by atoms with Crippen LogP contribution in [0.15, 0.2) is 46.9 Å². The van der Waals surface area contributed by atoms with Crippen LogP contribution in [0.1, 0.15) is 11.5 Å². The maximum atomic E-state index is 6.12. The molecule has 0 aliphatic rings. The van der Waals surface area contributed by atoms with Crippen molar-refractivity contribution < 1.29 is 4.42 Å². The van der Waals surface area contributed by atoms with E-state index in [-0.39, 0.29) is 0 Å². The van der Waals surface area contributed by atoms with Gasteiger partial charge < -0.3 is 9.73 Å². The molecule has 2 aromatic carbocycles. The molecule has 0 aliphatic heterocycles. The molecule has 0 saturated carbocycles. The smallest absolute Gasteiger partial charge is 0.192 e. The van der Waals surface area contributed by atoms with Gasteiger partial charge in [-0.25, -0.2) is 4.98 Å². The highest BCUT2D eigenvalue weighted by atomic mass is 35.5. The number of hydrogen-bond acceptors (Lipinski definition) is 3. The van der Waals surface area contributed by atoms with E-state index in [9.17, 15) is 0 Å². The summed E-state index contributed by atoms with van der Waals surface area (Å²) in [4.78, 5) is 4.31. The third-order valence-corrected chi connectivity index (χ3v) is 3.30. The summed E-state index contributed by atoms with van der Waals surface area (Å²) in [5.41, 5.74) is 3.74. The number of nitrogens with zero attached hydrogens (tertiary/aromatic N) is 1. The van der Waals surface area contributed by atoms with Crippen LogP contribution in [0.5, 0.6) is 0 Å². The number of rotatable bonds is 3. The standard InChI is InChI=1S/C15H13ClN2O/c1-10-18-14-8-12(6-7-15(14)19-10)17-9-11-4-2-3-5-13(11)16/h2-8,17H,9H2,1H3. The van der Waals surface area contributed by atoms with E-state index in [1.165, 1.54) is 0 Å². The first-order chi connectivity index (χ1) is 9.22. The van der Waals surface area contributed by atoms with Crippen molar-refractivity contribution in [3.8, 4) is 0 Å². The number of benzene rings is 2. The Morgan fingerprint density at radius 1 is 1.21 bits per heavy atom. The molecule has 0 aliphatic carbocycles. The summed E-state index contributed by atoms with van der Waals surface area (Å²) < 4.78 is 5.44. The third-order valence-electron chi connectivity index (χ3n) is 2.94. The molecular weight excluding hydrogens is 260 g/mol. The molecule has 0 bridgehead atoms. The monoisotopic (exact) mass is 272 g/mol. The van der Waals surface area contributed by atoms with Gasteiger partial charge in [-0.15, -0.1) is 0 Å². The van der Waals surface area contributed by atoms with Gasteiger partial charge in [0.25, 0.3) is 0 Å². The summed E-state index contributed by atoms with van der Waals surface area (Å²) in [5.74, 6) is 0.679. The van der Waals surface area contributed by atoms with E-state index in [1.54, 1.807) is 0 Å². The zero-order valence-electron chi connectivity index (χ0n) is 10.5. The van der Waals surface area contributed by atoms with Crippen molar-refractivity contribution in [2.24, 2.45) is 0 Å². The fourth-order valence-corrected chi connectivity index (χ4v) is 2.19. The maximum absolute atomic E-state index is 6.12. The minimum Gasteiger partial charge on any atom is -0.441 e. The lowest BCUT2D eigenvalue weighted by atomic mass is 10.2. The second-order valence-corrected chi connectivity index (χ2v) is 4.77. The highest BCUT2D eigenvalue weighted by molar-refractivity contribution is 6.31. The van der Waals surface area contributed by atoms with Crippen LogP contribution >= 0.6 is 11.6 Å². The summed E-state index contributed by atoms with van der Waals surface area (Å²) >= 11 is 6.12. The lowest BCUT2D eigenvalue weighted by Crippen LogP contribution is -1.99. The van der Waals surface area contributed by atoms with E-state index in [1.807, 2.05) is 49.4 Å². The Kier molecular flexibility index (Phi) is 3.13. The van der Waals surface area contributed by atoms with E-state index >= 15 is 0 Å². The van der Waals surface area contributed by atoms with Gasteiger partial charge in [0.2, 0.25) is 0 Å². The first-order valence-corrected chi connectivity index (χ1v) is 6.44. The van der Waals surface area contributed by atoms with Crippen molar-refractivity contribution in [3.05, 3.63) is 58.9 Å². The van der Waals surface area contributed by atoms with Crippen molar-refractivity contribution in [1.29, 1.82) is 0 Å². The first-order valence-electron chi connectivity index (χ1n) is 6.07. The fourth-order valence-electron chi connectivity index (χ4n) is 1.99. The fraction of sp³-hybridized carbons (Fsp3) is 0.133. The molecule has 4 heteroatoms. The van der Waals surface area contributed by atoms with Crippen LogP contribution in [0.25, 0.3) is 11.1 Å². The highest BCUT2D eigenvalue weighted by Gasteiger charge is 2.04. The lowest BCUT2D eigenvalue weighted by Gasteiger charge is -2.07. The number of nitrogens with one attached hydrogen (secondary N) is 1. The minimum absolute atomic E-state index is 0.679. The Labute approximate surface area is 116 Å². The SMILES string of the molecule is Cc1nc2cc(NCc3ccccc3Cl)ccc2o1. The van der Waals surface area contributed by atoms with Gasteiger partial charge in [-0.3, -0.25) is 0 Å². The molecule has 0 saturated heterocycles. The van der Waals surface area contributed by atoms with Gasteiger partial charge in [-0.1, -0.05) is 29.8 Å². The van der Waals surface area contributed by atoms with Gasteiger partial charge >= 0.3 is 0 Å². The Morgan fingerprint density at radius 2 is 2.05 bits per heavy atom. The van der Waals surface area contributed by atoms with Crippen LogP contribution in [0.4, 0.5) is 5.69 Å². The Morgan fingerprint density at radius 3 is 2.89 bits per heavy atom. The van der Waals surface area contributed by atoms with Crippen molar-refractivity contribution in [2.75, 3.05) is 5.32 Å². The predicted molar refractivity (Wildman–Crippen MR) is 77.5 cm³/mol. The number of hydrogen-bond donors (Lipinski definition) is 1. The first kappa shape index (κ1) is 12.1. The summed E-state index contributed by atoms with van der Waals surface area (Å²) in [7, 11) is 0. The van der Waals surface area contributed by atoms with Gasteiger partial charge in [0, 0.05) is 24.2 Å². The van der Waals surface area contributed by atoms with Gasteiger partial charge in [0.15, 0.2) is 11.5 Å². The number of oxazole rings is 1. The molecule has 96 valence electrons. The molecule has 1 aromatic heterocycles. The molecule has 0 spiro atoms. The number of aryl methyl sites for hydroxylation is 1. The van der Waals surface area contributed by atoms with Crippen LogP contribution in [0.2, 0.25) is 5.02 Å². The highest BCUT2D eigenvalue weighted by Crippen LogP contribution is 2.21. The van der Waals surface area contributed by atoms with E-state index in [0.29, 0.717) is 12.4 Å². The number of fused-ring (bicyclic) bond motifs is 1. The maximum Gasteiger partial charge on any atom is 0.192 e. The Hall–Kier alpha value is -2.00. The molecule has 0 radical (unpaired) electrons. The molecule has 0 fully saturated rings. The normalized spacial score (nSPS) is 10.8. The second kappa shape index (κ2) is 4.94. The molecule has 19 heavy (non-hydrogen) atoms. The van der Waals surface area contributed by atoms with Crippen molar-refractivity contribution in [3.63, 3.8) is 0 Å². The van der Waals surface area contributed by atoms with Crippen LogP contribution in [0.3, 0.4) is 0 Å². The third kappa shape index (κ3) is 2.56. The van der Waals surface area contributed by atoms with E-state index in [4.69, 9.17) is 16.0 Å². The molecular formula is C15H13ClN2O. The van der Waals surface area contributed by atoms with Crippen molar-refractivity contribution >= 4 is 28.4 Å². The second-order valence-electron chi connectivity index (χ2n) is 4.36. The summed E-state index contributed by atoms with van der Waals surface area (Å²) in [5, 5.41) is 4.11. The van der Waals surface area contributed by atoms with Crippen LogP contribution in [-0.4, -0.2) is 4.98 Å². The summed E-state index contributed by atoms with van der Waals surface area (Å²) in [6.45, 7) is 2.53. The Bertz CT molecular complexity index is 721. The van der Waals surface area contributed by atoms with Gasteiger partial charge in [0.05, 0.1) is 0 Å². The van der Waals surface area contributed by atoms with Gasteiger partial charge in [0.1, 0.15) is 5.52 Å². The van der Waals surface area contributed by atoms with Crippen molar-refractivity contribution in [1.82, 2.24) is 4.98 Å². The molecule has 0 unspecified atom stereocenters. The van der Waals surface area contributed by atoms with Gasteiger partial charge in [-0.05, 0) is 29.8 Å². The van der Waals surface area contributed by atoms with Gasteiger partial charge in [-0.2, -0.15) is 0 Å². The lowest BCUT2D eigenvalue weighted by molar-refractivity contribution is 0.561. The molecule has 1 heterocycles. The molecule has 0 amide bonds. The Balaban J connectivity index is 1.80. The largest absolute Gasteiger partial charge is 0.441 e. The minimum atomic E-state index is 0.679. The average Bonchev–Trinajstić information content (AvgIpc) is 2.77. The molecule has 3 nitrogen and oxygen atoms in total. The number of aromatic nitrogens is 1. The summed E-state index contributed by atoms with van der Waals surface area (Å²) in [6.07, 6.45) is 0. The zero-order chi connectivity index (χ0) is 13.2. The van der Waals surface area contributed by atoms with Crippen molar-refractivity contribution in [2.45, 2.75) is 13.5 Å². The molecule has 1 N–H and O–H groups in total. The summed E-state index contributed by atoms with van der Waals surface area (Å²) in [6, 6.07) is 13.7. The quantitative estimate of drug-likeness (QED) is 0.768.